The summed E-state index contributed by atoms with van der Waals surface area (Å²) in [6, 6.07) is 2.27. The maximum atomic E-state index is 3.37. The second-order valence-electron chi connectivity index (χ2n) is 6.30. The van der Waals surface area contributed by atoms with Crippen LogP contribution in [0.2, 0.25) is 0 Å². The van der Waals surface area contributed by atoms with Gasteiger partial charge in [-0.3, -0.25) is 9.80 Å². The van der Waals surface area contributed by atoms with E-state index in [4.69, 9.17) is 0 Å². The van der Waals surface area contributed by atoms with E-state index in [-0.39, 0.29) is 0 Å². The Labute approximate surface area is 113 Å². The molecule has 2 atom stereocenters. The number of nitrogens with one attached hydrogen (secondary N) is 1. The highest BCUT2D eigenvalue weighted by molar-refractivity contribution is 4.87. The number of nitrogens with zero attached hydrogens (tertiary/aromatic N) is 2. The van der Waals surface area contributed by atoms with Gasteiger partial charge in [-0.25, -0.2) is 0 Å². The predicted molar refractivity (Wildman–Crippen MR) is 78.0 cm³/mol. The molecule has 0 spiro atoms. The van der Waals surface area contributed by atoms with Crippen LogP contribution >= 0.6 is 0 Å². The molecule has 1 aliphatic heterocycles. The average Bonchev–Trinajstić information content (AvgIpc) is 2.54. The Balaban J connectivity index is 1.98. The van der Waals surface area contributed by atoms with Crippen molar-refractivity contribution >= 4 is 0 Å². The smallest absolute Gasteiger partial charge is 0.0347 e. The Kier molecular flexibility index (Phi) is 5.46. The molecule has 2 rings (SSSR count). The molecule has 0 aromatic carbocycles. The van der Waals surface area contributed by atoms with Crippen molar-refractivity contribution in [3.05, 3.63) is 0 Å². The van der Waals surface area contributed by atoms with Gasteiger partial charge in [-0.1, -0.05) is 19.3 Å². The number of hydrogen-bond acceptors (Lipinski definition) is 3. The minimum atomic E-state index is 0.675. The topological polar surface area (TPSA) is 18.5 Å². The molecule has 1 N–H and O–H groups in total. The van der Waals surface area contributed by atoms with Gasteiger partial charge in [0.15, 0.2) is 0 Å². The molecular formula is C15H31N3. The normalized spacial score (nSPS) is 33.5. The average molecular weight is 253 g/mol. The zero-order valence-corrected chi connectivity index (χ0v) is 12.5. The quantitative estimate of drug-likeness (QED) is 0.829. The molecule has 1 heterocycles. The molecule has 3 nitrogen and oxygen atoms in total. The molecule has 18 heavy (non-hydrogen) atoms. The first-order valence-corrected chi connectivity index (χ1v) is 7.83. The highest BCUT2D eigenvalue weighted by Crippen LogP contribution is 2.25. The van der Waals surface area contributed by atoms with Crippen molar-refractivity contribution in [1.82, 2.24) is 15.1 Å². The van der Waals surface area contributed by atoms with E-state index in [1.807, 2.05) is 0 Å². The SMILES string of the molecule is CNCC1CN(C2CCCCC2)CCC(C)N1C. The number of hydrogen-bond donors (Lipinski definition) is 1. The maximum Gasteiger partial charge on any atom is 0.0347 e. The van der Waals surface area contributed by atoms with Crippen LogP contribution in [0.4, 0.5) is 0 Å². The van der Waals surface area contributed by atoms with E-state index in [1.54, 1.807) is 0 Å². The summed E-state index contributed by atoms with van der Waals surface area (Å²) in [6.07, 6.45) is 8.55. The molecule has 106 valence electrons. The molecule has 0 bridgehead atoms. The van der Waals surface area contributed by atoms with Crippen molar-refractivity contribution in [2.45, 2.75) is 63.6 Å². The van der Waals surface area contributed by atoms with E-state index < -0.39 is 0 Å². The molecule has 1 aliphatic carbocycles. The van der Waals surface area contributed by atoms with Crippen molar-refractivity contribution in [2.75, 3.05) is 33.7 Å². The molecule has 2 unspecified atom stereocenters. The summed E-state index contributed by atoms with van der Waals surface area (Å²) in [6.45, 7) is 6.06. The molecule has 1 saturated carbocycles. The fraction of sp³-hybridized carbons (Fsp3) is 1.00. The summed E-state index contributed by atoms with van der Waals surface area (Å²) in [5.74, 6) is 0. The van der Waals surface area contributed by atoms with Crippen molar-refractivity contribution in [2.24, 2.45) is 0 Å². The third kappa shape index (κ3) is 3.46. The van der Waals surface area contributed by atoms with Gasteiger partial charge < -0.3 is 5.32 Å². The standard InChI is InChI=1S/C15H31N3/c1-13-9-10-18(14-7-5-4-6-8-14)12-15(11-16-2)17(13)3/h13-16H,4-12H2,1-3H3. The fourth-order valence-electron chi connectivity index (χ4n) is 3.63. The van der Waals surface area contributed by atoms with Crippen LogP contribution < -0.4 is 5.32 Å². The van der Waals surface area contributed by atoms with Crippen molar-refractivity contribution in [3.63, 3.8) is 0 Å². The Morgan fingerprint density at radius 2 is 1.83 bits per heavy atom. The van der Waals surface area contributed by atoms with Gasteiger partial charge in [-0.2, -0.15) is 0 Å². The first-order chi connectivity index (χ1) is 8.72. The third-order valence-electron chi connectivity index (χ3n) is 5.08. The Morgan fingerprint density at radius 1 is 1.11 bits per heavy atom. The fourth-order valence-corrected chi connectivity index (χ4v) is 3.63. The van der Waals surface area contributed by atoms with Crippen LogP contribution in [0.3, 0.4) is 0 Å². The van der Waals surface area contributed by atoms with Crippen LogP contribution in [0.25, 0.3) is 0 Å². The second kappa shape index (κ2) is 6.88. The summed E-state index contributed by atoms with van der Waals surface area (Å²) < 4.78 is 0. The Morgan fingerprint density at radius 3 is 2.50 bits per heavy atom. The lowest BCUT2D eigenvalue weighted by molar-refractivity contribution is 0.130. The van der Waals surface area contributed by atoms with Gasteiger partial charge >= 0.3 is 0 Å². The van der Waals surface area contributed by atoms with E-state index in [0.29, 0.717) is 6.04 Å². The lowest BCUT2D eigenvalue weighted by Gasteiger charge is -2.36. The van der Waals surface area contributed by atoms with E-state index in [2.05, 4.69) is 36.1 Å². The molecule has 3 heteroatoms. The van der Waals surface area contributed by atoms with Gasteiger partial charge in [-0.05, 0) is 46.8 Å². The summed E-state index contributed by atoms with van der Waals surface area (Å²) in [5.41, 5.74) is 0. The maximum absolute atomic E-state index is 3.37. The molecule has 2 aliphatic rings. The van der Waals surface area contributed by atoms with Crippen molar-refractivity contribution in [1.29, 1.82) is 0 Å². The predicted octanol–water partition coefficient (Wildman–Crippen LogP) is 1.93. The molecule has 0 amide bonds. The summed E-state index contributed by atoms with van der Waals surface area (Å²) in [7, 11) is 4.38. The minimum Gasteiger partial charge on any atom is -0.318 e. The minimum absolute atomic E-state index is 0.675. The molecule has 2 fully saturated rings. The number of likely N-dealkylation sites (N-methyl/N-ethyl adjacent to an activating group) is 2. The molecule has 0 radical (unpaired) electrons. The van der Waals surface area contributed by atoms with Crippen LogP contribution in [-0.2, 0) is 0 Å². The molecular weight excluding hydrogens is 222 g/mol. The van der Waals surface area contributed by atoms with Gasteiger partial charge in [0.1, 0.15) is 0 Å². The van der Waals surface area contributed by atoms with Crippen LogP contribution in [0.15, 0.2) is 0 Å². The first kappa shape index (κ1) is 14.3. The Hall–Kier alpha value is -0.120. The Bertz CT molecular complexity index is 238. The van der Waals surface area contributed by atoms with Gasteiger partial charge in [0.2, 0.25) is 0 Å². The van der Waals surface area contributed by atoms with Crippen molar-refractivity contribution in [3.8, 4) is 0 Å². The second-order valence-corrected chi connectivity index (χ2v) is 6.30. The van der Waals surface area contributed by atoms with Gasteiger partial charge in [0.05, 0.1) is 0 Å². The summed E-state index contributed by atoms with van der Waals surface area (Å²) in [5, 5.41) is 3.37. The van der Waals surface area contributed by atoms with Gasteiger partial charge in [0, 0.05) is 31.2 Å². The molecule has 1 saturated heterocycles. The van der Waals surface area contributed by atoms with Gasteiger partial charge in [-0.15, -0.1) is 0 Å². The highest BCUT2D eigenvalue weighted by atomic mass is 15.3. The van der Waals surface area contributed by atoms with E-state index >= 15 is 0 Å². The van der Waals surface area contributed by atoms with Crippen LogP contribution in [0, 0.1) is 0 Å². The van der Waals surface area contributed by atoms with Crippen molar-refractivity contribution < 1.29 is 0 Å². The zero-order valence-electron chi connectivity index (χ0n) is 12.5. The van der Waals surface area contributed by atoms with Crippen LogP contribution in [0.5, 0.6) is 0 Å². The first-order valence-electron chi connectivity index (χ1n) is 7.83. The van der Waals surface area contributed by atoms with E-state index in [0.717, 1.165) is 18.6 Å². The van der Waals surface area contributed by atoms with Crippen LogP contribution in [0.1, 0.15) is 45.4 Å². The zero-order chi connectivity index (χ0) is 13.0. The summed E-state index contributed by atoms with van der Waals surface area (Å²) in [4.78, 5) is 5.38. The highest BCUT2D eigenvalue weighted by Gasteiger charge is 2.30. The summed E-state index contributed by atoms with van der Waals surface area (Å²) >= 11 is 0. The van der Waals surface area contributed by atoms with Gasteiger partial charge in [0.25, 0.3) is 0 Å². The lowest BCUT2D eigenvalue weighted by Crippen LogP contribution is -2.49. The number of rotatable bonds is 3. The molecule has 0 aromatic heterocycles. The monoisotopic (exact) mass is 253 g/mol. The lowest BCUT2D eigenvalue weighted by atomic mass is 9.94. The third-order valence-corrected chi connectivity index (χ3v) is 5.08. The van der Waals surface area contributed by atoms with E-state index in [1.165, 1.54) is 51.6 Å². The largest absolute Gasteiger partial charge is 0.318 e. The molecule has 0 aromatic rings. The van der Waals surface area contributed by atoms with Crippen LogP contribution in [-0.4, -0.2) is 61.7 Å². The van der Waals surface area contributed by atoms with E-state index in [9.17, 15) is 0 Å².